The predicted molar refractivity (Wildman–Crippen MR) is 124 cm³/mol. The van der Waals surface area contributed by atoms with Crippen LogP contribution in [-0.4, -0.2) is 73.7 Å². The number of hydrogen-bond donors (Lipinski definition) is 1. The number of nitrogens with one attached hydrogen (secondary N) is 1. The Morgan fingerprint density at radius 2 is 1.76 bits per heavy atom. The molecule has 1 aromatic rings. The Bertz CT molecular complexity index is 928. The van der Waals surface area contributed by atoms with Gasteiger partial charge in [-0.05, 0) is 56.9 Å². The predicted octanol–water partition coefficient (Wildman–Crippen LogP) is 2.17. The highest BCUT2D eigenvalue weighted by Crippen LogP contribution is 2.21. The number of amides is 2. The summed E-state index contributed by atoms with van der Waals surface area (Å²) in [5, 5.41) is 2.45. The molecular formula is C23H35N3O6S. The van der Waals surface area contributed by atoms with Gasteiger partial charge in [-0.25, -0.2) is 8.42 Å². The molecule has 1 aliphatic rings. The highest BCUT2D eigenvalue weighted by molar-refractivity contribution is 7.89. The van der Waals surface area contributed by atoms with Crippen LogP contribution in [0.2, 0.25) is 0 Å². The van der Waals surface area contributed by atoms with E-state index < -0.39 is 34.5 Å². The summed E-state index contributed by atoms with van der Waals surface area (Å²) < 4.78 is 31.6. The number of hydrogen-bond acceptors (Lipinski definition) is 6. The SMILES string of the molecule is CCC1CCCCN1C(=O)C(C)OC(=O)CNC(=O)c1ccc(S(=O)(=O)N(CC)CC)cc1. The van der Waals surface area contributed by atoms with E-state index in [-0.39, 0.29) is 22.4 Å². The number of sulfonamides is 1. The third-order valence-electron chi connectivity index (χ3n) is 5.89. The lowest BCUT2D eigenvalue weighted by Gasteiger charge is -2.36. The van der Waals surface area contributed by atoms with Crippen LogP contribution in [0.5, 0.6) is 0 Å². The molecule has 1 saturated heterocycles. The monoisotopic (exact) mass is 481 g/mol. The molecule has 184 valence electrons. The van der Waals surface area contributed by atoms with Crippen molar-refractivity contribution in [3.05, 3.63) is 29.8 Å². The number of carbonyl (C=O) groups excluding carboxylic acids is 3. The van der Waals surface area contributed by atoms with E-state index in [9.17, 15) is 22.8 Å². The number of likely N-dealkylation sites (tertiary alicyclic amines) is 1. The molecule has 10 heteroatoms. The summed E-state index contributed by atoms with van der Waals surface area (Å²) in [6, 6.07) is 5.68. The minimum atomic E-state index is -3.61. The Kier molecular flexibility index (Phi) is 9.85. The van der Waals surface area contributed by atoms with E-state index in [1.54, 1.807) is 25.7 Å². The summed E-state index contributed by atoms with van der Waals surface area (Å²) in [4.78, 5) is 39.1. The summed E-state index contributed by atoms with van der Waals surface area (Å²) in [6.45, 7) is 8.05. The molecule has 2 amide bonds. The lowest BCUT2D eigenvalue weighted by Crippen LogP contribution is -2.48. The molecule has 0 aliphatic carbocycles. The zero-order chi connectivity index (χ0) is 24.6. The molecule has 2 atom stereocenters. The van der Waals surface area contributed by atoms with Crippen molar-refractivity contribution in [1.29, 1.82) is 0 Å². The molecule has 2 rings (SSSR count). The fraction of sp³-hybridized carbons (Fsp3) is 0.609. The maximum Gasteiger partial charge on any atom is 0.326 e. The maximum atomic E-state index is 12.7. The standard InChI is InChI=1S/C23H35N3O6S/c1-5-19-10-8-9-15-26(19)23(29)17(4)32-21(27)16-24-22(28)18-11-13-20(14-12-18)33(30,31)25(6-2)7-3/h11-14,17,19H,5-10,15-16H2,1-4H3,(H,24,28). The van der Waals surface area contributed by atoms with Gasteiger partial charge in [-0.2, -0.15) is 4.31 Å². The first-order valence-corrected chi connectivity index (χ1v) is 13.0. The molecule has 1 fully saturated rings. The lowest BCUT2D eigenvalue weighted by atomic mass is 9.99. The minimum absolute atomic E-state index is 0.0950. The highest BCUT2D eigenvalue weighted by atomic mass is 32.2. The molecular weight excluding hydrogens is 446 g/mol. The van der Waals surface area contributed by atoms with Crippen LogP contribution in [0.4, 0.5) is 0 Å². The summed E-state index contributed by atoms with van der Waals surface area (Å²) in [5.74, 6) is -1.47. The van der Waals surface area contributed by atoms with Crippen LogP contribution >= 0.6 is 0 Å². The van der Waals surface area contributed by atoms with Crippen molar-refractivity contribution in [3.8, 4) is 0 Å². The van der Waals surface area contributed by atoms with E-state index >= 15 is 0 Å². The quantitative estimate of drug-likeness (QED) is 0.513. The Labute approximate surface area is 196 Å². The first-order valence-electron chi connectivity index (χ1n) is 11.5. The van der Waals surface area contributed by atoms with Gasteiger partial charge in [0.15, 0.2) is 6.10 Å². The van der Waals surface area contributed by atoms with Gasteiger partial charge in [-0.15, -0.1) is 0 Å². The van der Waals surface area contributed by atoms with Crippen LogP contribution in [0.15, 0.2) is 29.2 Å². The van der Waals surface area contributed by atoms with Crippen molar-refractivity contribution in [3.63, 3.8) is 0 Å². The molecule has 0 bridgehead atoms. The zero-order valence-electron chi connectivity index (χ0n) is 19.9. The number of rotatable bonds is 10. The molecule has 0 spiro atoms. The Balaban J connectivity index is 1.89. The average Bonchev–Trinajstić information content (AvgIpc) is 2.82. The normalized spacial score (nSPS) is 17.5. The van der Waals surface area contributed by atoms with Gasteiger partial charge in [-0.3, -0.25) is 14.4 Å². The number of benzene rings is 1. The summed E-state index contributed by atoms with van der Waals surface area (Å²) >= 11 is 0. The van der Waals surface area contributed by atoms with Gasteiger partial charge in [0.25, 0.3) is 11.8 Å². The van der Waals surface area contributed by atoms with Gasteiger partial charge < -0.3 is 15.0 Å². The fourth-order valence-electron chi connectivity index (χ4n) is 3.98. The second-order valence-electron chi connectivity index (χ2n) is 8.02. The zero-order valence-corrected chi connectivity index (χ0v) is 20.7. The topological polar surface area (TPSA) is 113 Å². The first-order chi connectivity index (χ1) is 15.6. The fourth-order valence-corrected chi connectivity index (χ4v) is 5.44. The Hall–Kier alpha value is -2.46. The summed E-state index contributed by atoms with van der Waals surface area (Å²) in [5.41, 5.74) is 0.213. The molecule has 1 heterocycles. The molecule has 9 nitrogen and oxygen atoms in total. The van der Waals surface area contributed by atoms with E-state index in [1.807, 2.05) is 6.92 Å². The third kappa shape index (κ3) is 6.77. The molecule has 0 radical (unpaired) electrons. The van der Waals surface area contributed by atoms with E-state index in [4.69, 9.17) is 4.74 Å². The van der Waals surface area contributed by atoms with E-state index in [0.717, 1.165) is 25.7 Å². The minimum Gasteiger partial charge on any atom is -0.451 e. The third-order valence-corrected chi connectivity index (χ3v) is 7.95. The van der Waals surface area contributed by atoms with E-state index in [1.165, 1.54) is 28.6 Å². The number of ether oxygens (including phenoxy) is 1. The van der Waals surface area contributed by atoms with E-state index in [2.05, 4.69) is 5.32 Å². The smallest absolute Gasteiger partial charge is 0.326 e. The van der Waals surface area contributed by atoms with Crippen LogP contribution in [0.3, 0.4) is 0 Å². The second-order valence-corrected chi connectivity index (χ2v) is 9.96. The second kappa shape index (κ2) is 12.1. The Morgan fingerprint density at radius 1 is 1.12 bits per heavy atom. The number of piperidine rings is 1. The number of esters is 1. The lowest BCUT2D eigenvalue weighted by molar-refractivity contribution is -0.160. The van der Waals surface area contributed by atoms with Gasteiger partial charge in [0.05, 0.1) is 4.90 Å². The van der Waals surface area contributed by atoms with Gasteiger partial charge in [-0.1, -0.05) is 20.8 Å². The van der Waals surface area contributed by atoms with Gasteiger partial charge in [0.2, 0.25) is 10.0 Å². The molecule has 2 unspecified atom stereocenters. The van der Waals surface area contributed by atoms with Gasteiger partial charge >= 0.3 is 5.97 Å². The van der Waals surface area contributed by atoms with Crippen molar-refractivity contribution in [2.75, 3.05) is 26.2 Å². The molecule has 1 aliphatic heterocycles. The summed E-state index contributed by atoms with van der Waals surface area (Å²) in [6.07, 6.45) is 2.91. The molecule has 0 aromatic heterocycles. The van der Waals surface area contributed by atoms with Crippen LogP contribution in [0.1, 0.15) is 63.7 Å². The van der Waals surface area contributed by atoms with Crippen molar-refractivity contribution in [2.45, 2.75) is 70.4 Å². The first kappa shape index (κ1) is 26.8. The van der Waals surface area contributed by atoms with Crippen LogP contribution in [0, 0.1) is 0 Å². The molecule has 1 aromatic carbocycles. The molecule has 33 heavy (non-hydrogen) atoms. The molecule has 1 N–H and O–H groups in total. The van der Waals surface area contributed by atoms with Crippen LogP contribution in [0.25, 0.3) is 0 Å². The largest absolute Gasteiger partial charge is 0.451 e. The van der Waals surface area contributed by atoms with Crippen molar-refractivity contribution in [1.82, 2.24) is 14.5 Å². The van der Waals surface area contributed by atoms with Crippen molar-refractivity contribution >= 4 is 27.8 Å². The summed E-state index contributed by atoms with van der Waals surface area (Å²) in [7, 11) is -3.61. The molecule has 0 saturated carbocycles. The average molecular weight is 482 g/mol. The van der Waals surface area contributed by atoms with Gasteiger partial charge in [0, 0.05) is 31.2 Å². The Morgan fingerprint density at radius 3 is 2.33 bits per heavy atom. The maximum absolute atomic E-state index is 12.7. The number of nitrogens with zero attached hydrogens (tertiary/aromatic N) is 2. The van der Waals surface area contributed by atoms with Crippen LogP contribution in [-0.2, 0) is 24.3 Å². The number of carbonyl (C=O) groups is 3. The van der Waals surface area contributed by atoms with Crippen LogP contribution < -0.4 is 5.32 Å². The highest BCUT2D eigenvalue weighted by Gasteiger charge is 2.30. The van der Waals surface area contributed by atoms with Gasteiger partial charge in [0.1, 0.15) is 6.54 Å². The van der Waals surface area contributed by atoms with Crippen molar-refractivity contribution in [2.24, 2.45) is 0 Å². The van der Waals surface area contributed by atoms with E-state index in [0.29, 0.717) is 19.6 Å². The van der Waals surface area contributed by atoms with Crippen molar-refractivity contribution < 1.29 is 27.5 Å².